The summed E-state index contributed by atoms with van der Waals surface area (Å²) in [6.07, 6.45) is 8.60. The summed E-state index contributed by atoms with van der Waals surface area (Å²) in [5.41, 5.74) is 1.07. The lowest BCUT2D eigenvalue weighted by molar-refractivity contribution is 0.0975. The van der Waals surface area contributed by atoms with Crippen LogP contribution in [0.4, 0.5) is 0 Å². The van der Waals surface area contributed by atoms with Crippen molar-refractivity contribution in [3.8, 4) is 17.2 Å². The number of phenolic OH excluding ortho intramolecular Hbond substituents is 1. The van der Waals surface area contributed by atoms with Crippen molar-refractivity contribution >= 4 is 5.78 Å². The molecule has 0 aliphatic carbocycles. The zero-order chi connectivity index (χ0) is 17.2. The third kappa shape index (κ3) is 5.45. The van der Waals surface area contributed by atoms with Crippen molar-refractivity contribution in [2.24, 2.45) is 0 Å². The van der Waals surface area contributed by atoms with E-state index in [1.54, 1.807) is 13.0 Å². The molecule has 0 heterocycles. The van der Waals surface area contributed by atoms with Gasteiger partial charge in [0.05, 0.1) is 19.8 Å². The molecule has 0 saturated heterocycles. The van der Waals surface area contributed by atoms with Crippen LogP contribution in [0, 0.1) is 6.92 Å². The SMILES string of the molecule is CCCCCCCCCC(=O)c1c(C)cc(OC)c(OC)c1O. The molecule has 1 rings (SSSR count). The Balaban J connectivity index is 2.63. The predicted octanol–water partition coefficient (Wildman–Crippen LogP) is 5.04. The van der Waals surface area contributed by atoms with Gasteiger partial charge in [-0.05, 0) is 25.0 Å². The number of hydrogen-bond donors (Lipinski definition) is 1. The Morgan fingerprint density at radius 3 is 2.22 bits per heavy atom. The quantitative estimate of drug-likeness (QED) is 0.458. The molecular formula is C19H30O4. The van der Waals surface area contributed by atoms with E-state index in [-0.39, 0.29) is 17.3 Å². The smallest absolute Gasteiger partial charge is 0.203 e. The van der Waals surface area contributed by atoms with Crippen LogP contribution in [0.2, 0.25) is 0 Å². The summed E-state index contributed by atoms with van der Waals surface area (Å²) in [4.78, 5) is 12.4. The standard InChI is InChI=1S/C19H30O4/c1-5-6-7-8-9-10-11-12-15(20)17-14(2)13-16(22-3)19(23-4)18(17)21/h13,21H,5-12H2,1-4H3. The summed E-state index contributed by atoms with van der Waals surface area (Å²) in [5.74, 6) is 0.516. The van der Waals surface area contributed by atoms with Gasteiger partial charge in [-0.15, -0.1) is 0 Å². The molecule has 0 radical (unpaired) electrons. The average molecular weight is 322 g/mol. The van der Waals surface area contributed by atoms with E-state index in [1.807, 2.05) is 0 Å². The van der Waals surface area contributed by atoms with Crippen LogP contribution in [-0.2, 0) is 0 Å². The fourth-order valence-corrected chi connectivity index (χ4v) is 2.82. The number of carbonyl (C=O) groups excluding carboxylic acids is 1. The molecule has 0 unspecified atom stereocenters. The van der Waals surface area contributed by atoms with E-state index >= 15 is 0 Å². The van der Waals surface area contributed by atoms with Gasteiger partial charge in [0, 0.05) is 6.42 Å². The third-order valence-corrected chi connectivity index (χ3v) is 4.13. The molecule has 0 spiro atoms. The van der Waals surface area contributed by atoms with Gasteiger partial charge in [0.2, 0.25) is 5.75 Å². The summed E-state index contributed by atoms with van der Waals surface area (Å²) < 4.78 is 10.3. The fourth-order valence-electron chi connectivity index (χ4n) is 2.82. The molecule has 130 valence electrons. The van der Waals surface area contributed by atoms with Crippen molar-refractivity contribution in [1.82, 2.24) is 0 Å². The van der Waals surface area contributed by atoms with Gasteiger partial charge in [0.25, 0.3) is 0 Å². The Kier molecular flexibility index (Phi) is 8.52. The molecule has 23 heavy (non-hydrogen) atoms. The minimum absolute atomic E-state index is 0.0329. The number of ether oxygens (including phenoxy) is 2. The highest BCUT2D eigenvalue weighted by atomic mass is 16.5. The zero-order valence-corrected chi connectivity index (χ0v) is 14.9. The number of carbonyl (C=O) groups is 1. The van der Waals surface area contributed by atoms with Gasteiger partial charge in [-0.3, -0.25) is 4.79 Å². The van der Waals surface area contributed by atoms with Crippen molar-refractivity contribution in [1.29, 1.82) is 0 Å². The van der Waals surface area contributed by atoms with E-state index in [9.17, 15) is 9.90 Å². The van der Waals surface area contributed by atoms with Crippen LogP contribution in [0.15, 0.2) is 6.07 Å². The highest BCUT2D eigenvalue weighted by molar-refractivity contribution is 6.01. The number of unbranched alkanes of at least 4 members (excludes halogenated alkanes) is 6. The van der Waals surface area contributed by atoms with Gasteiger partial charge in [-0.2, -0.15) is 0 Å². The molecular weight excluding hydrogens is 292 g/mol. The number of methoxy groups -OCH3 is 2. The van der Waals surface area contributed by atoms with Crippen LogP contribution < -0.4 is 9.47 Å². The Hall–Kier alpha value is -1.71. The highest BCUT2D eigenvalue weighted by Gasteiger charge is 2.21. The Morgan fingerprint density at radius 2 is 1.65 bits per heavy atom. The van der Waals surface area contributed by atoms with Gasteiger partial charge in [0.1, 0.15) is 0 Å². The van der Waals surface area contributed by atoms with E-state index < -0.39 is 0 Å². The number of ketones is 1. The summed E-state index contributed by atoms with van der Waals surface area (Å²) >= 11 is 0. The summed E-state index contributed by atoms with van der Waals surface area (Å²) in [6.45, 7) is 4.01. The third-order valence-electron chi connectivity index (χ3n) is 4.13. The summed E-state index contributed by atoms with van der Waals surface area (Å²) in [7, 11) is 2.97. The van der Waals surface area contributed by atoms with Gasteiger partial charge >= 0.3 is 0 Å². The van der Waals surface area contributed by atoms with Crippen molar-refractivity contribution < 1.29 is 19.4 Å². The molecule has 4 heteroatoms. The number of aromatic hydroxyl groups is 1. The van der Waals surface area contributed by atoms with Crippen molar-refractivity contribution in [3.05, 3.63) is 17.2 Å². The van der Waals surface area contributed by atoms with Gasteiger partial charge in [-0.1, -0.05) is 45.4 Å². The topological polar surface area (TPSA) is 55.8 Å². The summed E-state index contributed by atoms with van der Waals surface area (Å²) in [6, 6.07) is 1.73. The molecule has 1 aromatic carbocycles. The van der Waals surface area contributed by atoms with Gasteiger partial charge < -0.3 is 14.6 Å². The first-order valence-electron chi connectivity index (χ1n) is 8.54. The van der Waals surface area contributed by atoms with Crippen LogP contribution in [-0.4, -0.2) is 25.1 Å². The molecule has 0 aliphatic heterocycles. The average Bonchev–Trinajstić information content (AvgIpc) is 2.53. The molecule has 0 atom stereocenters. The molecule has 1 aromatic rings. The van der Waals surface area contributed by atoms with E-state index in [2.05, 4.69) is 6.92 Å². The second-order valence-electron chi connectivity index (χ2n) is 5.95. The molecule has 0 aromatic heterocycles. The lowest BCUT2D eigenvalue weighted by Gasteiger charge is -2.15. The van der Waals surface area contributed by atoms with E-state index in [0.29, 0.717) is 23.3 Å². The lowest BCUT2D eigenvalue weighted by Crippen LogP contribution is -2.05. The minimum atomic E-state index is -0.114. The number of hydrogen-bond acceptors (Lipinski definition) is 4. The van der Waals surface area contributed by atoms with Crippen LogP contribution in [0.5, 0.6) is 17.2 Å². The fraction of sp³-hybridized carbons (Fsp3) is 0.632. The number of benzene rings is 1. The molecule has 0 saturated carbocycles. The molecule has 0 fully saturated rings. The van der Waals surface area contributed by atoms with E-state index in [4.69, 9.17) is 9.47 Å². The zero-order valence-electron chi connectivity index (χ0n) is 14.9. The van der Waals surface area contributed by atoms with Gasteiger partial charge in [-0.25, -0.2) is 0 Å². The van der Waals surface area contributed by atoms with Gasteiger partial charge in [0.15, 0.2) is 17.3 Å². The Bertz CT molecular complexity index is 509. The van der Waals surface area contributed by atoms with E-state index in [0.717, 1.165) is 12.8 Å². The van der Waals surface area contributed by atoms with Crippen LogP contribution in [0.1, 0.15) is 74.2 Å². The summed E-state index contributed by atoms with van der Waals surface area (Å²) in [5, 5.41) is 10.3. The minimum Gasteiger partial charge on any atom is -0.504 e. The maximum atomic E-state index is 12.4. The monoisotopic (exact) mass is 322 g/mol. The molecule has 0 aliphatic rings. The largest absolute Gasteiger partial charge is 0.504 e. The van der Waals surface area contributed by atoms with Crippen LogP contribution in [0.25, 0.3) is 0 Å². The maximum absolute atomic E-state index is 12.4. The van der Waals surface area contributed by atoms with Crippen molar-refractivity contribution in [3.63, 3.8) is 0 Å². The first-order chi connectivity index (χ1) is 11.1. The van der Waals surface area contributed by atoms with Crippen LogP contribution >= 0.6 is 0 Å². The first-order valence-corrected chi connectivity index (χ1v) is 8.54. The van der Waals surface area contributed by atoms with Crippen LogP contribution in [0.3, 0.4) is 0 Å². The molecule has 0 amide bonds. The highest BCUT2D eigenvalue weighted by Crippen LogP contribution is 2.41. The number of Topliss-reactive ketones (excluding diaryl/α,β-unsaturated/α-hetero) is 1. The Labute approximate surface area is 139 Å². The second-order valence-corrected chi connectivity index (χ2v) is 5.95. The number of rotatable bonds is 11. The molecule has 0 bridgehead atoms. The van der Waals surface area contributed by atoms with E-state index in [1.165, 1.54) is 46.3 Å². The number of aryl methyl sites for hydroxylation is 1. The maximum Gasteiger partial charge on any atom is 0.203 e. The van der Waals surface area contributed by atoms with Crippen molar-refractivity contribution in [2.45, 2.75) is 65.2 Å². The first kappa shape index (κ1) is 19.3. The van der Waals surface area contributed by atoms with Crippen molar-refractivity contribution in [2.75, 3.05) is 14.2 Å². The predicted molar refractivity (Wildman–Crippen MR) is 92.9 cm³/mol. The normalized spacial score (nSPS) is 10.6. The molecule has 1 N–H and O–H groups in total. The lowest BCUT2D eigenvalue weighted by atomic mass is 9.97. The Morgan fingerprint density at radius 1 is 1.04 bits per heavy atom. The number of phenols is 1. The molecule has 4 nitrogen and oxygen atoms in total. The second kappa shape index (κ2) is 10.1.